The lowest BCUT2D eigenvalue weighted by atomic mass is 10.2. The van der Waals surface area contributed by atoms with Crippen LogP contribution in [0.5, 0.6) is 0 Å². The maximum Gasteiger partial charge on any atom is 0.0639 e. The van der Waals surface area contributed by atoms with Crippen molar-refractivity contribution in [3.63, 3.8) is 0 Å². The Morgan fingerprint density at radius 2 is 2.15 bits per heavy atom. The van der Waals surface area contributed by atoms with E-state index in [0.717, 1.165) is 19.6 Å². The summed E-state index contributed by atoms with van der Waals surface area (Å²) in [5.41, 5.74) is 0. The molecule has 0 aromatic heterocycles. The van der Waals surface area contributed by atoms with Crippen LogP contribution in [-0.4, -0.2) is 60.3 Å². The Bertz CT molecular complexity index is 150. The molecule has 1 unspecified atom stereocenters. The second kappa shape index (κ2) is 4.94. The smallest absolute Gasteiger partial charge is 0.0639 e. The average molecular weight is 186 g/mol. The van der Waals surface area contributed by atoms with Gasteiger partial charge in [-0.2, -0.15) is 0 Å². The van der Waals surface area contributed by atoms with E-state index in [1.54, 1.807) is 0 Å². The predicted molar refractivity (Wildman–Crippen MR) is 54.8 cm³/mol. The fraction of sp³-hybridized carbons (Fsp3) is 1.00. The highest BCUT2D eigenvalue weighted by molar-refractivity contribution is 4.76. The van der Waals surface area contributed by atoms with Crippen LogP contribution in [-0.2, 0) is 0 Å². The Hall–Kier alpha value is -0.120. The summed E-state index contributed by atoms with van der Waals surface area (Å²) in [4.78, 5) is 4.75. The molecule has 13 heavy (non-hydrogen) atoms. The maximum atomic E-state index is 9.32. The van der Waals surface area contributed by atoms with Crippen LogP contribution in [0.25, 0.3) is 0 Å². The SMILES string of the molecule is CC1CN(C)CCCN1C[C@H](C)O. The third kappa shape index (κ3) is 3.63. The molecular formula is C10H22N2O. The summed E-state index contributed by atoms with van der Waals surface area (Å²) >= 11 is 0. The molecule has 78 valence electrons. The lowest BCUT2D eigenvalue weighted by Crippen LogP contribution is -2.41. The molecule has 1 fully saturated rings. The summed E-state index contributed by atoms with van der Waals surface area (Å²) in [5, 5.41) is 9.32. The molecule has 0 amide bonds. The van der Waals surface area contributed by atoms with Crippen molar-refractivity contribution in [1.82, 2.24) is 9.80 Å². The Balaban J connectivity index is 2.43. The number of aliphatic hydroxyl groups is 1. The zero-order chi connectivity index (χ0) is 9.84. The van der Waals surface area contributed by atoms with Gasteiger partial charge in [-0.3, -0.25) is 4.90 Å². The highest BCUT2D eigenvalue weighted by Gasteiger charge is 2.19. The summed E-state index contributed by atoms with van der Waals surface area (Å²) in [5.74, 6) is 0. The Morgan fingerprint density at radius 1 is 1.46 bits per heavy atom. The fourth-order valence-electron chi connectivity index (χ4n) is 2.03. The van der Waals surface area contributed by atoms with Crippen molar-refractivity contribution in [1.29, 1.82) is 0 Å². The van der Waals surface area contributed by atoms with E-state index >= 15 is 0 Å². The van der Waals surface area contributed by atoms with Crippen LogP contribution in [0.2, 0.25) is 0 Å². The van der Waals surface area contributed by atoms with Crippen LogP contribution in [0.15, 0.2) is 0 Å². The molecule has 2 atom stereocenters. The highest BCUT2D eigenvalue weighted by Crippen LogP contribution is 2.08. The van der Waals surface area contributed by atoms with Crippen LogP contribution in [0.3, 0.4) is 0 Å². The van der Waals surface area contributed by atoms with Gasteiger partial charge in [0, 0.05) is 19.1 Å². The van der Waals surface area contributed by atoms with E-state index in [2.05, 4.69) is 23.8 Å². The van der Waals surface area contributed by atoms with Gasteiger partial charge in [-0.15, -0.1) is 0 Å². The standard InChI is InChI=1S/C10H22N2O/c1-9-7-11(3)5-4-6-12(9)8-10(2)13/h9-10,13H,4-8H2,1-3H3/t9?,10-/m0/s1. The molecule has 0 spiro atoms. The van der Waals surface area contributed by atoms with Crippen LogP contribution in [0.4, 0.5) is 0 Å². The first-order valence-corrected chi connectivity index (χ1v) is 5.20. The van der Waals surface area contributed by atoms with E-state index in [-0.39, 0.29) is 6.10 Å². The lowest BCUT2D eigenvalue weighted by molar-refractivity contribution is 0.104. The average Bonchev–Trinajstić information content (AvgIpc) is 2.13. The molecule has 1 rings (SSSR count). The topological polar surface area (TPSA) is 26.7 Å². The summed E-state index contributed by atoms with van der Waals surface area (Å²) in [6, 6.07) is 0.571. The number of rotatable bonds is 2. The Morgan fingerprint density at radius 3 is 2.77 bits per heavy atom. The normalized spacial score (nSPS) is 30.0. The van der Waals surface area contributed by atoms with Crippen molar-refractivity contribution in [3.8, 4) is 0 Å². The van der Waals surface area contributed by atoms with E-state index in [1.165, 1.54) is 13.0 Å². The zero-order valence-electron chi connectivity index (χ0n) is 9.03. The quantitative estimate of drug-likeness (QED) is 0.676. The number of nitrogens with zero attached hydrogens (tertiary/aromatic N) is 2. The van der Waals surface area contributed by atoms with E-state index < -0.39 is 0 Å². The number of hydrogen-bond acceptors (Lipinski definition) is 3. The molecule has 0 aromatic rings. The molecule has 0 saturated carbocycles. The van der Waals surface area contributed by atoms with E-state index in [4.69, 9.17) is 0 Å². The molecular weight excluding hydrogens is 164 g/mol. The fourth-order valence-corrected chi connectivity index (χ4v) is 2.03. The monoisotopic (exact) mass is 186 g/mol. The van der Waals surface area contributed by atoms with Gasteiger partial charge in [0.15, 0.2) is 0 Å². The van der Waals surface area contributed by atoms with E-state index in [0.29, 0.717) is 6.04 Å². The molecule has 1 saturated heterocycles. The largest absolute Gasteiger partial charge is 0.392 e. The van der Waals surface area contributed by atoms with Gasteiger partial charge in [-0.05, 0) is 40.4 Å². The van der Waals surface area contributed by atoms with Crippen LogP contribution in [0, 0.1) is 0 Å². The number of β-amino-alcohol motifs (C(OH)–C–C–N with tert-alkyl or cyclic N) is 1. The van der Waals surface area contributed by atoms with E-state index in [1.807, 2.05) is 6.92 Å². The molecule has 0 radical (unpaired) electrons. The van der Waals surface area contributed by atoms with Gasteiger partial charge >= 0.3 is 0 Å². The highest BCUT2D eigenvalue weighted by atomic mass is 16.3. The maximum absolute atomic E-state index is 9.32. The second-order valence-corrected chi connectivity index (χ2v) is 4.31. The van der Waals surface area contributed by atoms with Crippen molar-refractivity contribution in [2.45, 2.75) is 32.4 Å². The van der Waals surface area contributed by atoms with Crippen LogP contribution < -0.4 is 0 Å². The van der Waals surface area contributed by atoms with Crippen molar-refractivity contribution >= 4 is 0 Å². The van der Waals surface area contributed by atoms with Crippen molar-refractivity contribution in [2.75, 3.05) is 33.2 Å². The lowest BCUT2D eigenvalue weighted by Gasteiger charge is -2.28. The third-order valence-corrected chi connectivity index (χ3v) is 2.68. The summed E-state index contributed by atoms with van der Waals surface area (Å²) < 4.78 is 0. The Kier molecular flexibility index (Phi) is 4.16. The van der Waals surface area contributed by atoms with Gasteiger partial charge in [-0.25, -0.2) is 0 Å². The van der Waals surface area contributed by atoms with Crippen molar-refractivity contribution in [2.24, 2.45) is 0 Å². The van der Waals surface area contributed by atoms with Gasteiger partial charge in [0.25, 0.3) is 0 Å². The van der Waals surface area contributed by atoms with Gasteiger partial charge < -0.3 is 10.0 Å². The second-order valence-electron chi connectivity index (χ2n) is 4.31. The molecule has 1 aliphatic rings. The number of aliphatic hydroxyl groups excluding tert-OH is 1. The predicted octanol–water partition coefficient (Wildman–Crippen LogP) is 0.393. The number of likely N-dealkylation sites (N-methyl/N-ethyl adjacent to an activating group) is 1. The van der Waals surface area contributed by atoms with Gasteiger partial charge in [0.2, 0.25) is 0 Å². The number of hydrogen-bond donors (Lipinski definition) is 1. The summed E-state index contributed by atoms with van der Waals surface area (Å²) in [6.45, 7) is 8.34. The first-order valence-electron chi connectivity index (χ1n) is 5.20. The van der Waals surface area contributed by atoms with Crippen molar-refractivity contribution in [3.05, 3.63) is 0 Å². The molecule has 0 bridgehead atoms. The first kappa shape index (κ1) is 11.0. The Labute approximate surface area is 81.3 Å². The minimum absolute atomic E-state index is 0.203. The molecule has 1 aliphatic heterocycles. The van der Waals surface area contributed by atoms with Gasteiger partial charge in [0.1, 0.15) is 0 Å². The molecule has 0 aliphatic carbocycles. The summed E-state index contributed by atoms with van der Waals surface area (Å²) in [6.07, 6.45) is 1.01. The molecule has 1 heterocycles. The first-order chi connectivity index (χ1) is 6.09. The zero-order valence-corrected chi connectivity index (χ0v) is 9.03. The summed E-state index contributed by atoms with van der Waals surface area (Å²) in [7, 11) is 2.17. The molecule has 1 N–H and O–H groups in total. The minimum Gasteiger partial charge on any atom is -0.392 e. The molecule has 3 nitrogen and oxygen atoms in total. The van der Waals surface area contributed by atoms with Gasteiger partial charge in [-0.1, -0.05) is 0 Å². The minimum atomic E-state index is -0.203. The van der Waals surface area contributed by atoms with Crippen molar-refractivity contribution < 1.29 is 5.11 Å². The molecule has 0 aromatic carbocycles. The van der Waals surface area contributed by atoms with Crippen LogP contribution in [0.1, 0.15) is 20.3 Å². The van der Waals surface area contributed by atoms with Gasteiger partial charge in [0.05, 0.1) is 6.10 Å². The van der Waals surface area contributed by atoms with E-state index in [9.17, 15) is 5.11 Å². The van der Waals surface area contributed by atoms with Crippen LogP contribution >= 0.6 is 0 Å². The molecule has 3 heteroatoms. The third-order valence-electron chi connectivity index (χ3n) is 2.68.